The lowest BCUT2D eigenvalue weighted by molar-refractivity contribution is -0.385. The summed E-state index contributed by atoms with van der Waals surface area (Å²) in [6.07, 6.45) is 0. The number of anilines is 2. The minimum Gasteiger partial charge on any atom is -0.399 e. The van der Waals surface area contributed by atoms with Gasteiger partial charge in [-0.05, 0) is 30.7 Å². The zero-order chi connectivity index (χ0) is 20.9. The van der Waals surface area contributed by atoms with E-state index in [1.165, 1.54) is 16.4 Å². The Morgan fingerprint density at radius 1 is 1.18 bits per heavy atom. The third kappa shape index (κ3) is 4.65. The molecule has 0 saturated carbocycles. The topological polar surface area (TPSA) is 131 Å². The van der Waals surface area contributed by atoms with Gasteiger partial charge in [0.25, 0.3) is 5.69 Å². The van der Waals surface area contributed by atoms with Crippen LogP contribution in [0, 0.1) is 10.1 Å². The molecule has 0 atom stereocenters. The van der Waals surface area contributed by atoms with Gasteiger partial charge in [0.15, 0.2) is 0 Å². The van der Waals surface area contributed by atoms with Gasteiger partial charge in [0.05, 0.1) is 16.3 Å². The molecule has 0 spiro atoms. The van der Waals surface area contributed by atoms with Crippen molar-refractivity contribution in [2.45, 2.75) is 25.7 Å². The van der Waals surface area contributed by atoms with Crippen LogP contribution in [-0.2, 0) is 10.0 Å². The van der Waals surface area contributed by atoms with Crippen molar-refractivity contribution in [3.63, 3.8) is 0 Å². The van der Waals surface area contributed by atoms with Gasteiger partial charge in [0, 0.05) is 30.9 Å². The summed E-state index contributed by atoms with van der Waals surface area (Å²) in [6, 6.07) is 10.7. The average Bonchev–Trinajstić information content (AvgIpc) is 2.67. The average molecular weight is 405 g/mol. The zero-order valence-electron chi connectivity index (χ0n) is 15.9. The third-order valence-electron chi connectivity index (χ3n) is 4.17. The van der Waals surface area contributed by atoms with Gasteiger partial charge in [-0.15, -0.1) is 0 Å². The van der Waals surface area contributed by atoms with Crippen molar-refractivity contribution in [3.8, 4) is 0 Å². The van der Waals surface area contributed by atoms with E-state index in [2.05, 4.69) is 10.5 Å². The highest BCUT2D eigenvalue weighted by Gasteiger charge is 2.27. The Kier molecular flexibility index (Phi) is 6.71. The summed E-state index contributed by atoms with van der Waals surface area (Å²) in [4.78, 5) is 10.3. The molecule has 0 heterocycles. The molecule has 0 radical (unpaired) electrons. The zero-order valence-corrected chi connectivity index (χ0v) is 16.7. The van der Waals surface area contributed by atoms with E-state index >= 15 is 0 Å². The Labute approximate surface area is 164 Å². The van der Waals surface area contributed by atoms with Crippen molar-refractivity contribution in [2.24, 2.45) is 5.10 Å². The first-order valence-corrected chi connectivity index (χ1v) is 10.1. The van der Waals surface area contributed by atoms with Crippen LogP contribution < -0.4 is 11.2 Å². The lowest BCUT2D eigenvalue weighted by atomic mass is 10.1. The molecule has 0 fully saturated rings. The molecule has 0 aromatic heterocycles. The van der Waals surface area contributed by atoms with Gasteiger partial charge in [0.2, 0.25) is 10.0 Å². The Bertz CT molecular complexity index is 984. The van der Waals surface area contributed by atoms with Crippen LogP contribution in [0.25, 0.3) is 0 Å². The number of nitrogens with two attached hydrogens (primary N) is 1. The van der Waals surface area contributed by atoms with E-state index in [0.29, 0.717) is 11.4 Å². The van der Waals surface area contributed by atoms with Crippen LogP contribution in [-0.4, -0.2) is 36.4 Å². The fourth-order valence-corrected chi connectivity index (χ4v) is 4.19. The molecule has 0 aliphatic rings. The van der Waals surface area contributed by atoms with Crippen molar-refractivity contribution in [1.29, 1.82) is 0 Å². The predicted octanol–water partition coefficient (Wildman–Crippen LogP) is 3.04. The van der Waals surface area contributed by atoms with Crippen LogP contribution >= 0.6 is 0 Å². The Balaban J connectivity index is 2.47. The minimum absolute atomic E-state index is 0.160. The molecule has 2 aromatic rings. The number of nitro groups is 1. The number of hydrogen-bond acceptors (Lipinski definition) is 7. The van der Waals surface area contributed by atoms with Gasteiger partial charge >= 0.3 is 0 Å². The number of hydrogen-bond donors (Lipinski definition) is 2. The van der Waals surface area contributed by atoms with E-state index in [0.717, 1.165) is 11.6 Å². The molecular formula is C18H23N5O4S. The highest BCUT2D eigenvalue weighted by Crippen LogP contribution is 2.29. The van der Waals surface area contributed by atoms with E-state index in [4.69, 9.17) is 5.73 Å². The summed E-state index contributed by atoms with van der Waals surface area (Å²) >= 11 is 0. The molecule has 0 saturated heterocycles. The lowest BCUT2D eigenvalue weighted by Gasteiger charge is -2.20. The summed E-state index contributed by atoms with van der Waals surface area (Å²) in [5.41, 5.74) is 10.3. The molecule has 28 heavy (non-hydrogen) atoms. The van der Waals surface area contributed by atoms with Crippen LogP contribution in [0.15, 0.2) is 52.5 Å². The predicted molar refractivity (Wildman–Crippen MR) is 110 cm³/mol. The van der Waals surface area contributed by atoms with Crippen molar-refractivity contribution < 1.29 is 13.3 Å². The maximum absolute atomic E-state index is 12.9. The standard InChI is InChI=1S/C18H23N5O4S/c1-4-22(5-2)28(26,27)18-12-16(23(24)25)10-11-17(18)21-20-13(3)14-6-8-15(19)9-7-14/h6-12,21H,4-5,19H2,1-3H3/b20-13-. The molecule has 150 valence electrons. The van der Waals surface area contributed by atoms with Crippen molar-refractivity contribution in [3.05, 3.63) is 58.1 Å². The number of nitrogen functional groups attached to an aromatic ring is 1. The molecule has 3 N–H and O–H groups in total. The number of non-ortho nitro benzene ring substituents is 1. The summed E-state index contributed by atoms with van der Waals surface area (Å²) < 4.78 is 27.1. The van der Waals surface area contributed by atoms with Gasteiger partial charge in [-0.2, -0.15) is 9.41 Å². The van der Waals surface area contributed by atoms with Gasteiger partial charge in [-0.3, -0.25) is 15.5 Å². The molecule has 0 aliphatic heterocycles. The normalized spacial score (nSPS) is 12.2. The number of hydrazone groups is 1. The van der Waals surface area contributed by atoms with Crippen LogP contribution in [0.1, 0.15) is 26.3 Å². The third-order valence-corrected chi connectivity index (χ3v) is 6.26. The summed E-state index contributed by atoms with van der Waals surface area (Å²) in [5.74, 6) is 0. The highest BCUT2D eigenvalue weighted by atomic mass is 32.2. The van der Waals surface area contributed by atoms with Gasteiger partial charge < -0.3 is 5.73 Å². The maximum Gasteiger partial charge on any atom is 0.270 e. The van der Waals surface area contributed by atoms with Crippen molar-refractivity contribution in [2.75, 3.05) is 24.2 Å². The second kappa shape index (κ2) is 8.81. The van der Waals surface area contributed by atoms with Gasteiger partial charge in [0.1, 0.15) is 4.90 Å². The lowest BCUT2D eigenvalue weighted by Crippen LogP contribution is -2.31. The van der Waals surface area contributed by atoms with Crippen LogP contribution in [0.4, 0.5) is 17.1 Å². The number of nitrogens with zero attached hydrogens (tertiary/aromatic N) is 3. The van der Waals surface area contributed by atoms with E-state index in [9.17, 15) is 18.5 Å². The Hall–Kier alpha value is -2.98. The SMILES string of the molecule is CCN(CC)S(=O)(=O)c1cc([N+](=O)[O-])ccc1N/N=C(/C)c1ccc(N)cc1. The van der Waals surface area contributed by atoms with Crippen molar-refractivity contribution >= 4 is 32.8 Å². The first kappa shape index (κ1) is 21.3. The molecule has 0 bridgehead atoms. The summed E-state index contributed by atoms with van der Waals surface area (Å²) in [7, 11) is -3.93. The minimum atomic E-state index is -3.93. The molecule has 10 heteroatoms. The monoisotopic (exact) mass is 405 g/mol. The first-order chi connectivity index (χ1) is 13.2. The van der Waals surface area contributed by atoms with Gasteiger partial charge in [-0.1, -0.05) is 26.0 Å². The summed E-state index contributed by atoms with van der Waals surface area (Å²) in [6.45, 7) is 5.65. The van der Waals surface area contributed by atoms with E-state index in [1.807, 2.05) is 0 Å². The van der Waals surface area contributed by atoms with Crippen LogP contribution in [0.2, 0.25) is 0 Å². The molecule has 2 rings (SSSR count). The summed E-state index contributed by atoms with van der Waals surface area (Å²) in [5, 5.41) is 15.3. The Morgan fingerprint density at radius 3 is 2.32 bits per heavy atom. The fourth-order valence-electron chi connectivity index (χ4n) is 2.57. The molecule has 0 amide bonds. The number of nitro benzene ring substituents is 1. The van der Waals surface area contributed by atoms with E-state index in [-0.39, 0.29) is 29.4 Å². The largest absolute Gasteiger partial charge is 0.399 e. The van der Waals surface area contributed by atoms with Gasteiger partial charge in [-0.25, -0.2) is 8.42 Å². The number of benzene rings is 2. The first-order valence-electron chi connectivity index (χ1n) is 8.65. The van der Waals surface area contributed by atoms with Crippen molar-refractivity contribution in [1.82, 2.24) is 4.31 Å². The quantitative estimate of drug-likeness (QED) is 0.300. The molecular weight excluding hydrogens is 382 g/mol. The molecule has 0 unspecified atom stereocenters. The maximum atomic E-state index is 12.9. The molecule has 9 nitrogen and oxygen atoms in total. The molecule has 2 aromatic carbocycles. The number of nitrogens with one attached hydrogen (secondary N) is 1. The smallest absolute Gasteiger partial charge is 0.270 e. The number of sulfonamides is 1. The Morgan fingerprint density at radius 2 is 1.79 bits per heavy atom. The highest BCUT2D eigenvalue weighted by molar-refractivity contribution is 7.89. The second-order valence-corrected chi connectivity index (χ2v) is 7.86. The number of rotatable bonds is 8. The van der Waals surface area contributed by atoms with Crippen LogP contribution in [0.5, 0.6) is 0 Å². The van der Waals surface area contributed by atoms with E-state index < -0.39 is 14.9 Å². The van der Waals surface area contributed by atoms with Crippen LogP contribution in [0.3, 0.4) is 0 Å². The van der Waals surface area contributed by atoms with E-state index in [1.54, 1.807) is 45.0 Å². The fraction of sp³-hybridized carbons (Fsp3) is 0.278. The second-order valence-electron chi connectivity index (χ2n) is 5.96. The molecule has 0 aliphatic carbocycles.